The van der Waals surface area contributed by atoms with Gasteiger partial charge >= 0.3 is 12.4 Å². The second kappa shape index (κ2) is 8.51. The number of alkyl halides is 3. The molecular weight excluding hydrogens is 447 g/mol. The van der Waals surface area contributed by atoms with E-state index in [2.05, 4.69) is 9.72 Å². The zero-order valence-electron chi connectivity index (χ0n) is 16.3. The van der Waals surface area contributed by atoms with Crippen molar-refractivity contribution in [2.75, 3.05) is 11.4 Å². The highest BCUT2D eigenvalue weighted by Gasteiger charge is 2.37. The molecule has 4 rings (SSSR count). The number of pyridine rings is 1. The summed E-state index contributed by atoms with van der Waals surface area (Å²) in [5.41, 5.74) is 2.47. The molecule has 6 nitrogen and oxygen atoms in total. The van der Waals surface area contributed by atoms with Crippen LogP contribution in [0.4, 0.5) is 23.7 Å². The fraction of sp³-hybridized carbons (Fsp3) is 0.136. The van der Waals surface area contributed by atoms with Crippen LogP contribution in [0.3, 0.4) is 0 Å². The van der Waals surface area contributed by atoms with E-state index in [1.807, 2.05) is 18.2 Å². The molecule has 0 aliphatic carbocycles. The number of carbonyl (C=O) groups is 2. The van der Waals surface area contributed by atoms with E-state index >= 15 is 0 Å². The molecule has 1 aliphatic heterocycles. The minimum Gasteiger partial charge on any atom is -0.406 e. The molecule has 0 radical (unpaired) electrons. The summed E-state index contributed by atoms with van der Waals surface area (Å²) in [6, 6.07) is 14.7. The second-order valence-electron chi connectivity index (χ2n) is 6.97. The Morgan fingerprint density at radius 3 is 2.34 bits per heavy atom. The molecule has 1 aliphatic rings. The van der Waals surface area contributed by atoms with Crippen molar-refractivity contribution in [3.05, 3.63) is 77.4 Å². The summed E-state index contributed by atoms with van der Waals surface area (Å²) in [6.07, 6.45) is -3.22. The largest absolute Gasteiger partial charge is 0.573 e. The van der Waals surface area contributed by atoms with Gasteiger partial charge in [-0.1, -0.05) is 23.7 Å². The number of rotatable bonds is 5. The van der Waals surface area contributed by atoms with Crippen LogP contribution in [0.15, 0.2) is 66.9 Å². The summed E-state index contributed by atoms with van der Waals surface area (Å²) < 4.78 is 40.8. The third-order valence-corrected chi connectivity index (χ3v) is 4.96. The molecule has 0 bridgehead atoms. The van der Waals surface area contributed by atoms with E-state index in [0.717, 1.165) is 28.2 Å². The van der Waals surface area contributed by atoms with E-state index in [1.54, 1.807) is 24.4 Å². The van der Waals surface area contributed by atoms with Crippen LogP contribution in [0.1, 0.15) is 5.56 Å². The van der Waals surface area contributed by atoms with Crippen molar-refractivity contribution in [1.82, 2.24) is 9.88 Å². The van der Waals surface area contributed by atoms with Crippen molar-refractivity contribution in [2.24, 2.45) is 0 Å². The van der Waals surface area contributed by atoms with Crippen LogP contribution < -0.4 is 9.64 Å². The van der Waals surface area contributed by atoms with E-state index in [1.165, 1.54) is 17.0 Å². The summed E-state index contributed by atoms with van der Waals surface area (Å²) in [6.45, 7) is 0.0116. The molecule has 1 fully saturated rings. The van der Waals surface area contributed by atoms with Crippen LogP contribution in [-0.4, -0.2) is 34.7 Å². The molecule has 0 N–H and O–H groups in total. The van der Waals surface area contributed by atoms with Gasteiger partial charge in [0.15, 0.2) is 0 Å². The van der Waals surface area contributed by atoms with Gasteiger partial charge in [0.1, 0.15) is 12.3 Å². The van der Waals surface area contributed by atoms with Gasteiger partial charge in [0.25, 0.3) is 5.91 Å². The maximum Gasteiger partial charge on any atom is 0.573 e. The van der Waals surface area contributed by atoms with Gasteiger partial charge in [-0.25, -0.2) is 9.69 Å². The number of ether oxygens (including phenoxy) is 1. The van der Waals surface area contributed by atoms with E-state index in [9.17, 15) is 22.8 Å². The molecule has 1 aromatic heterocycles. The number of hydrogen-bond donors (Lipinski definition) is 0. The topological polar surface area (TPSA) is 62.7 Å². The second-order valence-corrected chi connectivity index (χ2v) is 7.40. The van der Waals surface area contributed by atoms with Crippen molar-refractivity contribution in [3.8, 4) is 17.0 Å². The zero-order valence-corrected chi connectivity index (χ0v) is 17.1. The number of anilines is 1. The number of benzene rings is 2. The monoisotopic (exact) mass is 461 g/mol. The lowest BCUT2D eigenvalue weighted by Crippen LogP contribution is -2.32. The number of urea groups is 1. The summed E-state index contributed by atoms with van der Waals surface area (Å²) in [5, 5.41) is 0.601. The molecule has 1 saturated heterocycles. The van der Waals surface area contributed by atoms with Crippen molar-refractivity contribution >= 4 is 29.2 Å². The lowest BCUT2D eigenvalue weighted by molar-refractivity contribution is -0.274. The minimum absolute atomic E-state index is 0.155. The van der Waals surface area contributed by atoms with Gasteiger partial charge in [-0.3, -0.25) is 9.78 Å². The summed E-state index contributed by atoms with van der Waals surface area (Å²) >= 11 is 5.92. The molecule has 164 valence electrons. The van der Waals surface area contributed by atoms with Gasteiger partial charge in [0, 0.05) is 23.3 Å². The first kappa shape index (κ1) is 21.6. The number of halogens is 4. The Morgan fingerprint density at radius 1 is 1.00 bits per heavy atom. The Bertz CT molecular complexity index is 1150. The van der Waals surface area contributed by atoms with Crippen LogP contribution in [0, 0.1) is 0 Å². The van der Waals surface area contributed by atoms with E-state index in [-0.39, 0.29) is 18.8 Å². The smallest absolute Gasteiger partial charge is 0.406 e. The van der Waals surface area contributed by atoms with E-state index in [4.69, 9.17) is 11.6 Å². The van der Waals surface area contributed by atoms with Crippen LogP contribution in [0.5, 0.6) is 5.75 Å². The zero-order chi connectivity index (χ0) is 22.9. The number of carbonyl (C=O) groups excluding carboxylic acids is 2. The Hall–Kier alpha value is -3.59. The molecule has 2 heterocycles. The van der Waals surface area contributed by atoms with E-state index in [0.29, 0.717) is 10.7 Å². The Balaban J connectivity index is 1.49. The summed E-state index contributed by atoms with van der Waals surface area (Å²) in [7, 11) is 0. The first-order valence-corrected chi connectivity index (χ1v) is 9.76. The molecule has 0 saturated carbocycles. The molecular formula is C22H15ClF3N3O3. The van der Waals surface area contributed by atoms with Gasteiger partial charge in [0.05, 0.1) is 11.4 Å². The third-order valence-electron chi connectivity index (χ3n) is 4.70. The van der Waals surface area contributed by atoms with Crippen molar-refractivity contribution in [2.45, 2.75) is 12.9 Å². The van der Waals surface area contributed by atoms with Gasteiger partial charge in [0.2, 0.25) is 0 Å². The standard InChI is InChI=1S/C22H15ClF3N3O3/c23-16-3-1-15(2-4-16)19-11-14(9-10-27-19)12-28-13-20(30)29(21(28)31)17-5-7-18(8-6-17)32-22(24,25)26/h1-11H,12-13H2. The Labute approximate surface area is 185 Å². The third kappa shape index (κ3) is 4.83. The molecule has 0 unspecified atom stereocenters. The molecule has 3 amide bonds. The van der Waals surface area contributed by atoms with Gasteiger partial charge in [-0.2, -0.15) is 0 Å². The maximum atomic E-state index is 12.8. The number of imide groups is 1. The molecule has 32 heavy (non-hydrogen) atoms. The highest BCUT2D eigenvalue weighted by Crippen LogP contribution is 2.28. The minimum atomic E-state index is -4.83. The molecule has 10 heteroatoms. The quantitative estimate of drug-likeness (QED) is 0.486. The predicted octanol–water partition coefficient (Wildman–Crippen LogP) is 5.27. The van der Waals surface area contributed by atoms with E-state index < -0.39 is 24.1 Å². The average molecular weight is 462 g/mol. The molecule has 3 aromatic rings. The van der Waals surface area contributed by atoms with Crippen LogP contribution >= 0.6 is 11.6 Å². The predicted molar refractivity (Wildman–Crippen MR) is 111 cm³/mol. The fourth-order valence-electron chi connectivity index (χ4n) is 3.30. The maximum absolute atomic E-state index is 12.8. The normalized spacial score (nSPS) is 14.2. The van der Waals surface area contributed by atoms with Gasteiger partial charge in [-0.05, 0) is 54.1 Å². The first-order chi connectivity index (χ1) is 15.2. The van der Waals surface area contributed by atoms with Gasteiger partial charge < -0.3 is 9.64 Å². The number of aromatic nitrogens is 1. The van der Waals surface area contributed by atoms with Crippen molar-refractivity contribution in [3.63, 3.8) is 0 Å². The Morgan fingerprint density at radius 2 is 1.69 bits per heavy atom. The Kier molecular flexibility index (Phi) is 5.75. The molecule has 0 atom stereocenters. The lowest BCUT2D eigenvalue weighted by atomic mass is 10.1. The number of nitrogens with zero attached hydrogens (tertiary/aromatic N) is 3. The summed E-state index contributed by atoms with van der Waals surface area (Å²) in [5.74, 6) is -0.921. The number of hydrogen-bond acceptors (Lipinski definition) is 4. The van der Waals surface area contributed by atoms with Crippen LogP contribution in [0.25, 0.3) is 11.3 Å². The fourth-order valence-corrected chi connectivity index (χ4v) is 3.42. The van der Waals surface area contributed by atoms with Crippen molar-refractivity contribution in [1.29, 1.82) is 0 Å². The number of amides is 3. The highest BCUT2D eigenvalue weighted by atomic mass is 35.5. The SMILES string of the molecule is O=C1CN(Cc2ccnc(-c3ccc(Cl)cc3)c2)C(=O)N1c1ccc(OC(F)(F)F)cc1. The van der Waals surface area contributed by atoms with Crippen LogP contribution in [-0.2, 0) is 11.3 Å². The van der Waals surface area contributed by atoms with Gasteiger partial charge in [-0.15, -0.1) is 13.2 Å². The van der Waals surface area contributed by atoms with Crippen LogP contribution in [0.2, 0.25) is 5.02 Å². The summed E-state index contributed by atoms with van der Waals surface area (Å²) in [4.78, 5) is 31.9. The lowest BCUT2D eigenvalue weighted by Gasteiger charge is -2.18. The first-order valence-electron chi connectivity index (χ1n) is 9.38. The highest BCUT2D eigenvalue weighted by molar-refractivity contribution is 6.30. The average Bonchev–Trinajstić information content (AvgIpc) is 3.01. The molecule has 2 aromatic carbocycles. The van der Waals surface area contributed by atoms with Crippen molar-refractivity contribution < 1.29 is 27.5 Å². The molecule has 0 spiro atoms.